The number of hydrogen-bond acceptors (Lipinski definition) is 11. The molecule has 0 aliphatic heterocycles. The van der Waals surface area contributed by atoms with E-state index >= 15 is 0 Å². The van der Waals surface area contributed by atoms with Crippen molar-refractivity contribution in [2.24, 2.45) is 0 Å². The highest BCUT2D eigenvalue weighted by atomic mass is 32.2. The number of nitrogens with zero attached hydrogens (tertiary/aromatic N) is 6. The summed E-state index contributed by atoms with van der Waals surface area (Å²) in [6.45, 7) is 0.572. The quantitative estimate of drug-likeness (QED) is 0.601. The fourth-order valence-electron chi connectivity index (χ4n) is 1.73. The van der Waals surface area contributed by atoms with Crippen LogP contribution in [0, 0.1) is 0 Å². The van der Waals surface area contributed by atoms with Crippen LogP contribution in [0.2, 0.25) is 0 Å². The van der Waals surface area contributed by atoms with Crippen LogP contribution < -0.4 is 16.0 Å². The smallest absolute Gasteiger partial charge is 0.229 e. The molecule has 0 bridgehead atoms. The Morgan fingerprint density at radius 1 is 1.29 bits per heavy atom. The van der Waals surface area contributed by atoms with Crippen LogP contribution >= 0.6 is 23.1 Å². The molecule has 3 rings (SSSR count). The van der Waals surface area contributed by atoms with Gasteiger partial charge in [-0.2, -0.15) is 15.0 Å². The summed E-state index contributed by atoms with van der Waals surface area (Å²) >= 11 is 2.97. The molecular formula is C13H16N8OS2. The zero-order chi connectivity index (χ0) is 16.9. The third-order valence-electron chi connectivity index (χ3n) is 2.81. The number of aromatic nitrogens is 5. The summed E-state index contributed by atoms with van der Waals surface area (Å²) in [5.74, 6) is 2.74. The van der Waals surface area contributed by atoms with E-state index in [-0.39, 0.29) is 5.95 Å². The molecule has 9 nitrogen and oxygen atoms in total. The van der Waals surface area contributed by atoms with Gasteiger partial charge in [-0.25, -0.2) is 0 Å². The number of nitrogen functional groups attached to an aromatic ring is 1. The largest absolute Gasteiger partial charge is 0.467 e. The molecule has 0 spiro atoms. The maximum absolute atomic E-state index is 5.71. The van der Waals surface area contributed by atoms with Crippen molar-refractivity contribution in [1.82, 2.24) is 25.1 Å². The molecule has 3 aromatic heterocycles. The highest BCUT2D eigenvalue weighted by Crippen LogP contribution is 2.28. The van der Waals surface area contributed by atoms with Crippen LogP contribution in [-0.2, 0) is 12.3 Å². The Balaban J connectivity index is 1.57. The zero-order valence-electron chi connectivity index (χ0n) is 13.1. The second-order valence-electron chi connectivity index (χ2n) is 4.90. The van der Waals surface area contributed by atoms with Crippen molar-refractivity contribution in [3.8, 4) is 0 Å². The second kappa shape index (κ2) is 7.45. The minimum absolute atomic E-state index is 0.211. The zero-order valence-corrected chi connectivity index (χ0v) is 14.8. The van der Waals surface area contributed by atoms with Gasteiger partial charge >= 0.3 is 0 Å². The normalized spacial score (nSPS) is 10.8. The van der Waals surface area contributed by atoms with Gasteiger partial charge < -0.3 is 20.4 Å². The molecule has 0 atom stereocenters. The van der Waals surface area contributed by atoms with Gasteiger partial charge in [-0.15, -0.1) is 10.2 Å². The summed E-state index contributed by atoms with van der Waals surface area (Å²) < 4.78 is 6.08. The van der Waals surface area contributed by atoms with Crippen LogP contribution in [-0.4, -0.2) is 39.2 Å². The molecule has 0 aliphatic rings. The number of thioether (sulfide) groups is 1. The lowest BCUT2D eigenvalue weighted by Crippen LogP contribution is -2.15. The minimum atomic E-state index is 0.211. The number of anilines is 3. The van der Waals surface area contributed by atoms with Gasteiger partial charge in [0.25, 0.3) is 0 Å². The highest BCUT2D eigenvalue weighted by molar-refractivity contribution is 8.00. The maximum Gasteiger partial charge on any atom is 0.229 e. The first-order valence-electron chi connectivity index (χ1n) is 7.00. The predicted octanol–water partition coefficient (Wildman–Crippen LogP) is 1.87. The molecule has 11 heteroatoms. The monoisotopic (exact) mass is 364 g/mol. The van der Waals surface area contributed by atoms with E-state index in [1.54, 1.807) is 11.2 Å². The maximum atomic E-state index is 5.71. The first-order valence-corrected chi connectivity index (χ1v) is 8.80. The fourth-order valence-corrected chi connectivity index (χ4v) is 3.33. The third-order valence-corrected chi connectivity index (χ3v) is 4.82. The molecule has 3 N–H and O–H groups in total. The first-order chi connectivity index (χ1) is 11.6. The van der Waals surface area contributed by atoms with E-state index < -0.39 is 0 Å². The molecule has 0 radical (unpaired) electrons. The van der Waals surface area contributed by atoms with Gasteiger partial charge in [0.1, 0.15) is 11.6 Å². The second-order valence-corrected chi connectivity index (χ2v) is 7.10. The minimum Gasteiger partial charge on any atom is -0.467 e. The first kappa shape index (κ1) is 16.5. The van der Waals surface area contributed by atoms with Crippen molar-refractivity contribution in [3.05, 3.63) is 30.0 Å². The summed E-state index contributed by atoms with van der Waals surface area (Å²) in [4.78, 5) is 14.4. The molecule has 0 aromatic carbocycles. The van der Waals surface area contributed by atoms with Gasteiger partial charge in [0.05, 0.1) is 18.6 Å². The van der Waals surface area contributed by atoms with E-state index in [1.807, 2.05) is 26.2 Å². The molecule has 0 aliphatic carbocycles. The van der Waals surface area contributed by atoms with Gasteiger partial charge in [0.15, 0.2) is 4.34 Å². The van der Waals surface area contributed by atoms with Crippen LogP contribution in [0.25, 0.3) is 0 Å². The van der Waals surface area contributed by atoms with Crippen LogP contribution in [0.15, 0.2) is 27.2 Å². The topological polar surface area (TPSA) is 119 Å². The predicted molar refractivity (Wildman–Crippen MR) is 94.1 cm³/mol. The van der Waals surface area contributed by atoms with Gasteiger partial charge in [-0.05, 0) is 12.1 Å². The molecule has 0 fully saturated rings. The van der Waals surface area contributed by atoms with Crippen LogP contribution in [0.5, 0.6) is 0 Å². The van der Waals surface area contributed by atoms with Crippen molar-refractivity contribution in [3.63, 3.8) is 0 Å². The molecule has 24 heavy (non-hydrogen) atoms. The fraction of sp³-hybridized carbons (Fsp3) is 0.308. The van der Waals surface area contributed by atoms with Crippen molar-refractivity contribution < 1.29 is 4.42 Å². The summed E-state index contributed by atoms with van der Waals surface area (Å²) in [5, 5.41) is 12.1. The van der Waals surface area contributed by atoms with Crippen LogP contribution in [0.4, 0.5) is 17.0 Å². The third kappa shape index (κ3) is 4.32. The molecular weight excluding hydrogens is 348 g/mol. The Kier molecular flexibility index (Phi) is 5.11. The summed E-state index contributed by atoms with van der Waals surface area (Å²) in [6, 6.07) is 3.75. The average Bonchev–Trinajstić information content (AvgIpc) is 3.22. The summed E-state index contributed by atoms with van der Waals surface area (Å²) in [7, 11) is 3.71. The van der Waals surface area contributed by atoms with E-state index in [1.165, 1.54) is 23.1 Å². The standard InChI is InChI=1S/C13H16N8OS2/c1-21(2)11-17-9(16-10(14)18-11)7-23-13-20-19-12(24-13)15-6-8-4-3-5-22-8/h3-5H,6-7H2,1-2H3,(H,15,19)(H2,14,16,17,18). The number of furan rings is 1. The lowest BCUT2D eigenvalue weighted by atomic mass is 10.4. The summed E-state index contributed by atoms with van der Waals surface area (Å²) in [5.41, 5.74) is 5.71. The van der Waals surface area contributed by atoms with Crippen molar-refractivity contribution in [2.45, 2.75) is 16.6 Å². The van der Waals surface area contributed by atoms with E-state index in [4.69, 9.17) is 10.2 Å². The lowest BCUT2D eigenvalue weighted by molar-refractivity contribution is 0.518. The van der Waals surface area contributed by atoms with Crippen molar-refractivity contribution >= 4 is 40.1 Å². The Bertz CT molecular complexity index is 789. The number of nitrogens with one attached hydrogen (secondary N) is 1. The van der Waals surface area contributed by atoms with Crippen LogP contribution in [0.3, 0.4) is 0 Å². The Morgan fingerprint density at radius 2 is 2.17 bits per heavy atom. The Morgan fingerprint density at radius 3 is 2.92 bits per heavy atom. The van der Waals surface area contributed by atoms with Gasteiger partial charge in [0.2, 0.25) is 17.0 Å². The Labute approximate surface area is 146 Å². The van der Waals surface area contributed by atoms with Gasteiger partial charge in [-0.1, -0.05) is 23.1 Å². The van der Waals surface area contributed by atoms with E-state index in [0.29, 0.717) is 24.1 Å². The van der Waals surface area contributed by atoms with Crippen LogP contribution in [0.1, 0.15) is 11.6 Å². The lowest BCUT2D eigenvalue weighted by Gasteiger charge is -2.10. The number of nitrogens with two attached hydrogens (primary N) is 1. The van der Waals surface area contributed by atoms with E-state index in [9.17, 15) is 0 Å². The molecule has 0 unspecified atom stereocenters. The van der Waals surface area contributed by atoms with Gasteiger partial charge in [-0.3, -0.25) is 0 Å². The van der Waals surface area contributed by atoms with Crippen molar-refractivity contribution in [1.29, 1.82) is 0 Å². The molecule has 3 aromatic rings. The highest BCUT2D eigenvalue weighted by Gasteiger charge is 2.10. The number of rotatable bonds is 7. The molecule has 0 saturated carbocycles. The molecule has 0 saturated heterocycles. The SMILES string of the molecule is CN(C)c1nc(N)nc(CSc2nnc(NCc3ccco3)s2)n1. The van der Waals surface area contributed by atoms with E-state index in [2.05, 4.69) is 30.5 Å². The molecule has 0 amide bonds. The average molecular weight is 364 g/mol. The summed E-state index contributed by atoms with van der Waals surface area (Å²) in [6.07, 6.45) is 1.64. The van der Waals surface area contributed by atoms with E-state index in [0.717, 1.165) is 15.2 Å². The molecule has 3 heterocycles. The number of hydrogen-bond donors (Lipinski definition) is 2. The molecule has 126 valence electrons. The van der Waals surface area contributed by atoms with Gasteiger partial charge in [0, 0.05) is 14.1 Å². The van der Waals surface area contributed by atoms with Crippen molar-refractivity contribution in [2.75, 3.05) is 30.0 Å². The Hall–Kier alpha value is -2.40.